The van der Waals surface area contributed by atoms with E-state index in [4.69, 9.17) is 0 Å². The summed E-state index contributed by atoms with van der Waals surface area (Å²) in [7, 11) is 1.94. The van der Waals surface area contributed by atoms with Gasteiger partial charge in [0.25, 0.3) is 0 Å². The molecule has 1 fully saturated rings. The van der Waals surface area contributed by atoms with E-state index in [0.717, 1.165) is 38.9 Å². The molecule has 2 rings (SSSR count). The Morgan fingerprint density at radius 3 is 2.50 bits per heavy atom. The molecule has 1 saturated heterocycles. The van der Waals surface area contributed by atoms with Gasteiger partial charge in [-0.3, -0.25) is 4.90 Å². The number of hydrogen-bond donors (Lipinski definition) is 1. The molecule has 0 aliphatic carbocycles. The van der Waals surface area contributed by atoms with Crippen LogP contribution in [0.2, 0.25) is 0 Å². The van der Waals surface area contributed by atoms with Gasteiger partial charge in [-0.25, -0.2) is 4.98 Å². The molecule has 0 aromatic carbocycles. The summed E-state index contributed by atoms with van der Waals surface area (Å²) < 4.78 is 38.8. The van der Waals surface area contributed by atoms with Crippen LogP contribution in [-0.2, 0) is 12.7 Å². The highest BCUT2D eigenvalue weighted by molar-refractivity contribution is 7.11. The van der Waals surface area contributed by atoms with Gasteiger partial charge in [-0.1, -0.05) is 0 Å². The number of hydrogen-bond acceptors (Lipinski definition) is 4. The summed E-state index contributed by atoms with van der Waals surface area (Å²) in [6.07, 6.45) is -1.05. The van der Waals surface area contributed by atoms with Crippen molar-refractivity contribution in [1.29, 1.82) is 0 Å². The van der Waals surface area contributed by atoms with E-state index >= 15 is 0 Å². The van der Waals surface area contributed by atoms with Gasteiger partial charge in [0.05, 0.1) is 9.88 Å². The Morgan fingerprint density at radius 2 is 1.95 bits per heavy atom. The fraction of sp³-hybridized carbons (Fsp3) is 0.786. The molecule has 1 aromatic heterocycles. The summed E-state index contributed by atoms with van der Waals surface area (Å²) in [5.74, 6) is 0.694. The lowest BCUT2D eigenvalue weighted by molar-refractivity contribution is -0.141. The van der Waals surface area contributed by atoms with Crippen molar-refractivity contribution in [3.63, 3.8) is 0 Å². The second kappa shape index (κ2) is 8.47. The first kappa shape index (κ1) is 19.7. The van der Waals surface area contributed by atoms with E-state index < -0.39 is 11.9 Å². The van der Waals surface area contributed by atoms with Crippen LogP contribution in [0.4, 0.5) is 13.2 Å². The van der Waals surface area contributed by atoms with Crippen LogP contribution in [0.15, 0.2) is 0 Å². The van der Waals surface area contributed by atoms with Gasteiger partial charge in [0.15, 0.2) is 5.69 Å². The number of rotatable bonds is 5. The Bertz CT molecular complexity index is 457. The Labute approximate surface area is 139 Å². The summed E-state index contributed by atoms with van der Waals surface area (Å²) in [5.41, 5.74) is -0.692. The first-order chi connectivity index (χ1) is 9.90. The lowest BCUT2D eigenvalue weighted by Crippen LogP contribution is -2.34. The zero-order valence-electron chi connectivity index (χ0n) is 12.9. The standard InChI is InChI=1S/C14H22F3N3S.ClH/c1-10-19-13(14(15,16)17)12(21-10)9-20-7-4-11(5-8-20)3-6-18-2;/h11,18H,3-9H2,1-2H3;1H. The fourth-order valence-corrected chi connectivity index (χ4v) is 3.78. The molecular formula is C14H23ClF3N3S. The van der Waals surface area contributed by atoms with Gasteiger partial charge in [0.1, 0.15) is 0 Å². The van der Waals surface area contributed by atoms with Crippen LogP contribution in [-0.4, -0.2) is 36.6 Å². The predicted octanol–water partition coefficient (Wildman–Crippen LogP) is 3.71. The molecule has 22 heavy (non-hydrogen) atoms. The Balaban J connectivity index is 0.00000242. The lowest BCUT2D eigenvalue weighted by atomic mass is 9.93. The molecule has 0 spiro atoms. The second-order valence-electron chi connectivity index (χ2n) is 5.61. The minimum atomic E-state index is -4.34. The SMILES string of the molecule is CNCCC1CCN(Cc2sc(C)nc2C(F)(F)F)CC1.Cl. The van der Waals surface area contributed by atoms with Crippen LogP contribution >= 0.6 is 23.7 Å². The van der Waals surface area contributed by atoms with E-state index in [1.54, 1.807) is 6.92 Å². The van der Waals surface area contributed by atoms with E-state index in [-0.39, 0.29) is 12.4 Å². The third-order valence-electron chi connectivity index (χ3n) is 3.95. The quantitative estimate of drug-likeness (QED) is 0.870. The van der Waals surface area contributed by atoms with Crippen molar-refractivity contribution in [3.05, 3.63) is 15.6 Å². The van der Waals surface area contributed by atoms with Gasteiger partial charge in [0.2, 0.25) is 0 Å². The van der Waals surface area contributed by atoms with Gasteiger partial charge in [-0.2, -0.15) is 13.2 Å². The van der Waals surface area contributed by atoms with E-state index in [1.807, 2.05) is 7.05 Å². The smallest absolute Gasteiger partial charge is 0.320 e. The van der Waals surface area contributed by atoms with Crippen molar-refractivity contribution in [2.75, 3.05) is 26.7 Å². The highest BCUT2D eigenvalue weighted by Gasteiger charge is 2.37. The minimum absolute atomic E-state index is 0. The molecule has 0 unspecified atom stereocenters. The van der Waals surface area contributed by atoms with Crippen LogP contribution in [0.25, 0.3) is 0 Å². The number of likely N-dealkylation sites (tertiary alicyclic amines) is 1. The predicted molar refractivity (Wildman–Crippen MR) is 85.6 cm³/mol. The van der Waals surface area contributed by atoms with Crippen LogP contribution in [0.3, 0.4) is 0 Å². The third kappa shape index (κ3) is 5.37. The van der Waals surface area contributed by atoms with Crippen LogP contribution in [0, 0.1) is 12.8 Å². The van der Waals surface area contributed by atoms with Crippen molar-refractivity contribution in [2.24, 2.45) is 5.92 Å². The molecule has 0 amide bonds. The van der Waals surface area contributed by atoms with Crippen molar-refractivity contribution in [3.8, 4) is 0 Å². The van der Waals surface area contributed by atoms with Crippen LogP contribution < -0.4 is 5.32 Å². The molecule has 0 atom stereocenters. The topological polar surface area (TPSA) is 28.2 Å². The Hall–Kier alpha value is -0.370. The Morgan fingerprint density at radius 1 is 1.32 bits per heavy atom. The molecule has 1 N–H and O–H groups in total. The van der Waals surface area contributed by atoms with E-state index in [0.29, 0.717) is 22.3 Å². The van der Waals surface area contributed by atoms with E-state index in [1.165, 1.54) is 11.3 Å². The molecule has 2 heterocycles. The summed E-state index contributed by atoms with van der Waals surface area (Å²) in [6, 6.07) is 0. The molecule has 0 saturated carbocycles. The number of thiazole rings is 1. The molecule has 3 nitrogen and oxygen atoms in total. The number of aromatic nitrogens is 1. The lowest BCUT2D eigenvalue weighted by Gasteiger charge is -2.31. The van der Waals surface area contributed by atoms with Gasteiger partial charge in [-0.05, 0) is 58.8 Å². The maximum atomic E-state index is 12.9. The van der Waals surface area contributed by atoms with Crippen LogP contribution in [0.5, 0.6) is 0 Å². The zero-order valence-corrected chi connectivity index (χ0v) is 14.5. The Kier molecular flexibility index (Phi) is 7.58. The maximum absolute atomic E-state index is 12.9. The van der Waals surface area contributed by atoms with E-state index in [9.17, 15) is 13.2 Å². The van der Waals surface area contributed by atoms with Gasteiger partial charge in [-0.15, -0.1) is 23.7 Å². The summed E-state index contributed by atoms with van der Waals surface area (Å²) in [4.78, 5) is 6.14. The average Bonchev–Trinajstić information content (AvgIpc) is 2.79. The largest absolute Gasteiger partial charge is 0.434 e. The number of aryl methyl sites for hydroxylation is 1. The van der Waals surface area contributed by atoms with Gasteiger partial charge in [0, 0.05) is 6.54 Å². The molecule has 1 aliphatic rings. The van der Waals surface area contributed by atoms with Crippen molar-refractivity contribution >= 4 is 23.7 Å². The normalized spacial score (nSPS) is 17.5. The highest BCUT2D eigenvalue weighted by atomic mass is 35.5. The zero-order chi connectivity index (χ0) is 15.5. The minimum Gasteiger partial charge on any atom is -0.320 e. The summed E-state index contributed by atoms with van der Waals surface area (Å²) in [6.45, 7) is 4.77. The first-order valence-corrected chi connectivity index (χ1v) is 8.12. The number of alkyl halides is 3. The summed E-state index contributed by atoms with van der Waals surface area (Å²) >= 11 is 1.17. The van der Waals surface area contributed by atoms with E-state index in [2.05, 4.69) is 15.2 Å². The molecule has 1 aromatic rings. The number of piperidine rings is 1. The average molecular weight is 358 g/mol. The fourth-order valence-electron chi connectivity index (χ4n) is 2.78. The molecule has 128 valence electrons. The number of halogens is 4. The van der Waals surface area contributed by atoms with Crippen LogP contribution in [0.1, 0.15) is 34.8 Å². The molecule has 8 heteroatoms. The third-order valence-corrected chi connectivity index (χ3v) is 4.91. The van der Waals surface area contributed by atoms with Gasteiger partial charge < -0.3 is 5.32 Å². The second-order valence-corrected chi connectivity index (χ2v) is 6.90. The van der Waals surface area contributed by atoms with Crippen molar-refractivity contribution in [2.45, 2.75) is 38.9 Å². The molecule has 1 aliphatic heterocycles. The van der Waals surface area contributed by atoms with Gasteiger partial charge >= 0.3 is 6.18 Å². The first-order valence-electron chi connectivity index (χ1n) is 7.30. The van der Waals surface area contributed by atoms with Crippen molar-refractivity contribution in [1.82, 2.24) is 15.2 Å². The monoisotopic (exact) mass is 357 g/mol. The highest BCUT2D eigenvalue weighted by Crippen LogP contribution is 2.35. The molecule has 0 radical (unpaired) electrons. The maximum Gasteiger partial charge on any atom is 0.434 e. The molecular weight excluding hydrogens is 335 g/mol. The van der Waals surface area contributed by atoms with Crippen molar-refractivity contribution < 1.29 is 13.2 Å². The molecule has 0 bridgehead atoms. The number of nitrogens with one attached hydrogen (secondary N) is 1. The number of nitrogens with zero attached hydrogens (tertiary/aromatic N) is 2. The summed E-state index contributed by atoms with van der Waals surface area (Å²) in [5, 5.41) is 3.63.